The van der Waals surface area contributed by atoms with Crippen LogP contribution in [0.4, 0.5) is 0 Å². The van der Waals surface area contributed by atoms with Crippen molar-refractivity contribution in [3.05, 3.63) is 29.8 Å². The average Bonchev–Trinajstić information content (AvgIpc) is 2.49. The van der Waals surface area contributed by atoms with E-state index in [4.69, 9.17) is 9.47 Å². The molecule has 0 spiro atoms. The van der Waals surface area contributed by atoms with E-state index in [1.165, 1.54) is 0 Å². The van der Waals surface area contributed by atoms with Crippen LogP contribution in [0.2, 0.25) is 0 Å². The Morgan fingerprint density at radius 2 is 1.95 bits per heavy atom. The molecular formula is C15H24N2O3. The van der Waals surface area contributed by atoms with Gasteiger partial charge in [-0.1, -0.05) is 12.1 Å². The first-order chi connectivity index (χ1) is 9.67. The fraction of sp³-hybridized carbons (Fsp3) is 0.533. The van der Waals surface area contributed by atoms with Crippen molar-refractivity contribution in [3.8, 4) is 5.75 Å². The Kier molecular flexibility index (Phi) is 7.69. The molecule has 5 nitrogen and oxygen atoms in total. The minimum atomic E-state index is 0.00136. The largest absolute Gasteiger partial charge is 0.497 e. The van der Waals surface area contributed by atoms with Crippen LogP contribution in [-0.2, 0) is 9.53 Å². The summed E-state index contributed by atoms with van der Waals surface area (Å²) in [4.78, 5) is 11.6. The van der Waals surface area contributed by atoms with Crippen molar-refractivity contribution < 1.29 is 14.3 Å². The van der Waals surface area contributed by atoms with Crippen molar-refractivity contribution in [1.82, 2.24) is 10.6 Å². The third kappa shape index (κ3) is 6.04. The summed E-state index contributed by atoms with van der Waals surface area (Å²) in [5, 5.41) is 6.03. The monoisotopic (exact) mass is 280 g/mol. The summed E-state index contributed by atoms with van der Waals surface area (Å²) in [5.74, 6) is 0.832. The van der Waals surface area contributed by atoms with Crippen molar-refractivity contribution in [1.29, 1.82) is 0 Å². The molecule has 112 valence electrons. The van der Waals surface area contributed by atoms with Gasteiger partial charge in [0.2, 0.25) is 5.91 Å². The van der Waals surface area contributed by atoms with E-state index >= 15 is 0 Å². The fourth-order valence-electron chi connectivity index (χ4n) is 1.76. The summed E-state index contributed by atoms with van der Waals surface area (Å²) >= 11 is 0. The highest BCUT2D eigenvalue weighted by atomic mass is 16.5. The number of hydrogen-bond acceptors (Lipinski definition) is 4. The van der Waals surface area contributed by atoms with Gasteiger partial charge in [-0.05, 0) is 31.0 Å². The maximum atomic E-state index is 11.6. The molecule has 0 fully saturated rings. The number of ether oxygens (including phenoxy) is 2. The lowest BCUT2D eigenvalue weighted by molar-refractivity contribution is -0.120. The summed E-state index contributed by atoms with van der Waals surface area (Å²) in [6, 6.07) is 7.93. The van der Waals surface area contributed by atoms with E-state index in [1.54, 1.807) is 14.2 Å². The Balaban J connectivity index is 2.27. The maximum absolute atomic E-state index is 11.6. The lowest BCUT2D eigenvalue weighted by Gasteiger charge is -2.14. The predicted molar refractivity (Wildman–Crippen MR) is 78.9 cm³/mol. The number of carbonyl (C=O) groups is 1. The molecule has 2 N–H and O–H groups in total. The highest BCUT2D eigenvalue weighted by Gasteiger charge is 2.07. The molecule has 5 heteroatoms. The predicted octanol–water partition coefficient (Wildman–Crippen LogP) is 1.50. The Hall–Kier alpha value is -1.59. The van der Waals surface area contributed by atoms with E-state index in [0.29, 0.717) is 19.7 Å². The summed E-state index contributed by atoms with van der Waals surface area (Å²) in [5.41, 5.74) is 1.12. The molecule has 1 atom stereocenters. The molecule has 0 saturated carbocycles. The minimum absolute atomic E-state index is 0.00136. The molecular weight excluding hydrogens is 256 g/mol. The standard InChI is InChI=1S/C15H24N2O3/c1-12(13-5-7-14(20-3)8-6-13)17-11-15(18)16-9-4-10-19-2/h5-8,12,17H,4,9-11H2,1-3H3,(H,16,18)/t12-/m0/s1. The molecule has 0 aromatic heterocycles. The van der Waals surface area contributed by atoms with Crippen LogP contribution in [-0.4, -0.2) is 39.8 Å². The van der Waals surface area contributed by atoms with Crippen molar-refractivity contribution >= 4 is 5.91 Å². The second-order valence-corrected chi connectivity index (χ2v) is 4.57. The van der Waals surface area contributed by atoms with E-state index in [1.807, 2.05) is 31.2 Å². The zero-order valence-electron chi connectivity index (χ0n) is 12.4. The fourth-order valence-corrected chi connectivity index (χ4v) is 1.76. The van der Waals surface area contributed by atoms with E-state index < -0.39 is 0 Å². The van der Waals surface area contributed by atoms with Gasteiger partial charge in [0.05, 0.1) is 13.7 Å². The molecule has 1 aromatic carbocycles. The number of rotatable bonds is 9. The van der Waals surface area contributed by atoms with Crippen LogP contribution in [0.15, 0.2) is 24.3 Å². The third-order valence-electron chi connectivity index (χ3n) is 3.03. The number of amides is 1. The topological polar surface area (TPSA) is 59.6 Å². The minimum Gasteiger partial charge on any atom is -0.497 e. The molecule has 0 radical (unpaired) electrons. The number of methoxy groups -OCH3 is 2. The molecule has 0 unspecified atom stereocenters. The second kappa shape index (κ2) is 9.34. The molecule has 0 aliphatic rings. The molecule has 0 aliphatic carbocycles. The van der Waals surface area contributed by atoms with E-state index in [0.717, 1.165) is 17.7 Å². The van der Waals surface area contributed by atoms with Gasteiger partial charge in [0.15, 0.2) is 0 Å². The smallest absolute Gasteiger partial charge is 0.233 e. The van der Waals surface area contributed by atoms with Gasteiger partial charge in [0.1, 0.15) is 5.75 Å². The number of benzene rings is 1. The van der Waals surface area contributed by atoms with Gasteiger partial charge in [-0.25, -0.2) is 0 Å². The highest BCUT2D eigenvalue weighted by molar-refractivity contribution is 5.77. The van der Waals surface area contributed by atoms with Crippen molar-refractivity contribution in [2.45, 2.75) is 19.4 Å². The van der Waals surface area contributed by atoms with Crippen LogP contribution in [0, 0.1) is 0 Å². The summed E-state index contributed by atoms with van der Waals surface area (Å²) in [6.45, 7) is 3.64. The summed E-state index contributed by atoms with van der Waals surface area (Å²) in [6.07, 6.45) is 0.830. The quantitative estimate of drug-likeness (QED) is 0.673. The summed E-state index contributed by atoms with van der Waals surface area (Å²) < 4.78 is 10.0. The molecule has 0 heterocycles. The van der Waals surface area contributed by atoms with Gasteiger partial charge >= 0.3 is 0 Å². The van der Waals surface area contributed by atoms with Gasteiger partial charge in [-0.15, -0.1) is 0 Å². The van der Waals surface area contributed by atoms with Crippen molar-refractivity contribution in [3.63, 3.8) is 0 Å². The average molecular weight is 280 g/mol. The van der Waals surface area contributed by atoms with Crippen LogP contribution in [0.5, 0.6) is 5.75 Å². The van der Waals surface area contributed by atoms with Crippen LogP contribution < -0.4 is 15.4 Å². The van der Waals surface area contributed by atoms with Crippen LogP contribution in [0.25, 0.3) is 0 Å². The normalized spacial score (nSPS) is 11.9. The molecule has 1 amide bonds. The Labute approximate surface area is 120 Å². The lowest BCUT2D eigenvalue weighted by atomic mass is 10.1. The Morgan fingerprint density at radius 3 is 2.55 bits per heavy atom. The van der Waals surface area contributed by atoms with E-state index in [-0.39, 0.29) is 11.9 Å². The summed E-state index contributed by atoms with van der Waals surface area (Å²) in [7, 11) is 3.30. The van der Waals surface area contributed by atoms with Gasteiger partial charge in [-0.3, -0.25) is 4.79 Å². The van der Waals surface area contributed by atoms with Crippen LogP contribution in [0.3, 0.4) is 0 Å². The first kappa shape index (κ1) is 16.5. The number of hydrogen-bond donors (Lipinski definition) is 2. The van der Waals surface area contributed by atoms with Gasteiger partial charge in [0.25, 0.3) is 0 Å². The number of nitrogens with one attached hydrogen (secondary N) is 2. The molecule has 1 aromatic rings. The Bertz CT molecular complexity index is 393. The third-order valence-corrected chi connectivity index (χ3v) is 3.03. The first-order valence-electron chi connectivity index (χ1n) is 6.80. The van der Waals surface area contributed by atoms with Crippen LogP contribution >= 0.6 is 0 Å². The Morgan fingerprint density at radius 1 is 1.25 bits per heavy atom. The van der Waals surface area contributed by atoms with Gasteiger partial charge in [0, 0.05) is 26.3 Å². The molecule has 0 bridgehead atoms. The molecule has 1 rings (SSSR count). The van der Waals surface area contributed by atoms with Crippen molar-refractivity contribution in [2.24, 2.45) is 0 Å². The zero-order chi connectivity index (χ0) is 14.8. The zero-order valence-corrected chi connectivity index (χ0v) is 12.4. The SMILES string of the molecule is COCCCNC(=O)CN[C@@H](C)c1ccc(OC)cc1. The van der Waals surface area contributed by atoms with E-state index in [2.05, 4.69) is 10.6 Å². The molecule has 0 aliphatic heterocycles. The van der Waals surface area contributed by atoms with E-state index in [9.17, 15) is 4.79 Å². The molecule has 0 saturated heterocycles. The maximum Gasteiger partial charge on any atom is 0.233 e. The van der Waals surface area contributed by atoms with Gasteiger partial charge in [-0.2, -0.15) is 0 Å². The van der Waals surface area contributed by atoms with Crippen LogP contribution in [0.1, 0.15) is 24.9 Å². The second-order valence-electron chi connectivity index (χ2n) is 4.57. The van der Waals surface area contributed by atoms with Crippen molar-refractivity contribution in [2.75, 3.05) is 33.9 Å². The first-order valence-corrected chi connectivity index (χ1v) is 6.80. The number of carbonyl (C=O) groups excluding carboxylic acids is 1. The van der Waals surface area contributed by atoms with Gasteiger partial charge < -0.3 is 20.1 Å². The highest BCUT2D eigenvalue weighted by Crippen LogP contribution is 2.16. The molecule has 20 heavy (non-hydrogen) atoms. The lowest BCUT2D eigenvalue weighted by Crippen LogP contribution is -2.35.